The zero-order valence-electron chi connectivity index (χ0n) is 19.1. The molecule has 0 radical (unpaired) electrons. The molecule has 0 bridgehead atoms. The highest BCUT2D eigenvalue weighted by molar-refractivity contribution is 5.83. The smallest absolute Gasteiger partial charge is 0.304 e. The van der Waals surface area contributed by atoms with Crippen LogP contribution in [0.5, 0.6) is 5.75 Å². The van der Waals surface area contributed by atoms with Crippen LogP contribution < -0.4 is 4.74 Å². The molecule has 0 aliphatic heterocycles. The molecular weight excluding hydrogens is 429 g/mol. The minimum atomic E-state index is -0.890. The molecule has 2 atom stereocenters. The molecule has 4 nitrogen and oxygen atoms in total. The van der Waals surface area contributed by atoms with Crippen LogP contribution in [0.3, 0.4) is 0 Å². The first-order valence-corrected chi connectivity index (χ1v) is 11.2. The normalized spacial score (nSPS) is 12.6. The molecule has 0 amide bonds. The Hall–Kier alpha value is -4.04. The zero-order chi connectivity index (χ0) is 24.1. The monoisotopic (exact) mass is 455 g/mol. The third kappa shape index (κ3) is 5.29. The summed E-state index contributed by atoms with van der Waals surface area (Å²) in [4.78, 5) is 14.5. The Bertz CT molecular complexity index is 1360. The molecule has 5 heteroatoms. The number of nitrogens with one attached hydrogen (secondary N) is 1. The average molecular weight is 456 g/mol. The Balaban J connectivity index is 1.65. The van der Waals surface area contributed by atoms with Gasteiger partial charge in [-0.05, 0) is 71.8 Å². The summed E-state index contributed by atoms with van der Waals surface area (Å²) in [5, 5.41) is 10.3. The topological polar surface area (TPSA) is 62.3 Å². The Morgan fingerprint density at radius 3 is 2.62 bits per heavy atom. The Morgan fingerprint density at radius 1 is 1.12 bits per heavy atom. The van der Waals surface area contributed by atoms with E-state index in [4.69, 9.17) is 4.74 Å². The van der Waals surface area contributed by atoms with Crippen molar-refractivity contribution in [2.75, 3.05) is 0 Å². The molecule has 2 N–H and O–H groups in total. The summed E-state index contributed by atoms with van der Waals surface area (Å²) < 4.78 is 20.3. The number of carboxylic acids is 1. The van der Waals surface area contributed by atoms with E-state index in [0.29, 0.717) is 12.2 Å². The fraction of sp³-hybridized carbons (Fsp3) is 0.207. The second-order valence-corrected chi connectivity index (χ2v) is 8.28. The first-order valence-electron chi connectivity index (χ1n) is 11.2. The summed E-state index contributed by atoms with van der Waals surface area (Å²) in [5.74, 6) is 4.88. The van der Waals surface area contributed by atoms with Crippen molar-refractivity contribution in [2.45, 2.75) is 38.7 Å². The van der Waals surface area contributed by atoms with Crippen LogP contribution in [-0.2, 0) is 11.2 Å². The number of halogens is 1. The summed E-state index contributed by atoms with van der Waals surface area (Å²) in [6, 6.07) is 20.1. The maximum atomic E-state index is 13.9. The van der Waals surface area contributed by atoms with Gasteiger partial charge in [0.05, 0.1) is 12.3 Å². The van der Waals surface area contributed by atoms with Gasteiger partial charge in [-0.3, -0.25) is 4.79 Å². The largest absolute Gasteiger partial charge is 0.485 e. The van der Waals surface area contributed by atoms with Gasteiger partial charge in [0, 0.05) is 18.1 Å². The number of H-pyrrole nitrogens is 1. The summed E-state index contributed by atoms with van der Waals surface area (Å²) in [7, 11) is 0. The van der Waals surface area contributed by atoms with Gasteiger partial charge in [0.25, 0.3) is 0 Å². The molecule has 0 aliphatic carbocycles. The van der Waals surface area contributed by atoms with Crippen molar-refractivity contribution in [3.63, 3.8) is 0 Å². The second kappa shape index (κ2) is 10.3. The lowest BCUT2D eigenvalue weighted by atomic mass is 9.95. The van der Waals surface area contributed by atoms with E-state index in [1.54, 1.807) is 13.0 Å². The quantitative estimate of drug-likeness (QED) is 0.296. The van der Waals surface area contributed by atoms with E-state index in [1.165, 1.54) is 12.1 Å². The zero-order valence-corrected chi connectivity index (χ0v) is 19.1. The molecule has 34 heavy (non-hydrogen) atoms. The van der Waals surface area contributed by atoms with Gasteiger partial charge in [-0.25, -0.2) is 4.39 Å². The molecule has 3 aromatic carbocycles. The van der Waals surface area contributed by atoms with Crippen molar-refractivity contribution in [1.29, 1.82) is 0 Å². The van der Waals surface area contributed by atoms with Crippen molar-refractivity contribution < 1.29 is 19.0 Å². The van der Waals surface area contributed by atoms with Crippen molar-refractivity contribution in [3.05, 3.63) is 101 Å². The summed E-state index contributed by atoms with van der Waals surface area (Å²) in [6.07, 6.45) is 2.01. The van der Waals surface area contributed by atoms with E-state index in [-0.39, 0.29) is 24.3 Å². The number of hydrogen-bond acceptors (Lipinski definition) is 2. The highest BCUT2D eigenvalue weighted by Gasteiger charge is 2.20. The van der Waals surface area contributed by atoms with Crippen LogP contribution in [0, 0.1) is 24.6 Å². The van der Waals surface area contributed by atoms with Gasteiger partial charge < -0.3 is 14.8 Å². The molecule has 0 fully saturated rings. The first-order chi connectivity index (χ1) is 16.4. The molecule has 0 spiro atoms. The molecule has 0 aliphatic rings. The number of aromatic amines is 1. The standard InChI is InChI=1S/C29H26FNO3/c1-3-5-23(18-28(32)33)21-8-11-25(12-9-21)34-27(17-20-6-4-7-24(30)16-20)26-13-10-22-14-15-31-29(22)19(26)2/h4,6-16,23,27,31H,17-18H2,1-2H3,(H,32,33). The van der Waals surface area contributed by atoms with Crippen LogP contribution in [0.4, 0.5) is 4.39 Å². The highest BCUT2D eigenvalue weighted by atomic mass is 19.1. The number of carboxylic acid groups (broad SMARTS) is 1. The lowest BCUT2D eigenvalue weighted by Crippen LogP contribution is -2.13. The van der Waals surface area contributed by atoms with E-state index in [2.05, 4.69) is 35.9 Å². The molecule has 0 saturated heterocycles. The van der Waals surface area contributed by atoms with Crippen molar-refractivity contribution in [1.82, 2.24) is 4.98 Å². The highest BCUT2D eigenvalue weighted by Crippen LogP contribution is 2.32. The Kier molecular flexibility index (Phi) is 6.98. The van der Waals surface area contributed by atoms with Crippen LogP contribution >= 0.6 is 0 Å². The average Bonchev–Trinajstić information content (AvgIpc) is 3.29. The van der Waals surface area contributed by atoms with Gasteiger partial charge in [0.1, 0.15) is 17.7 Å². The van der Waals surface area contributed by atoms with E-state index in [9.17, 15) is 14.3 Å². The Morgan fingerprint density at radius 2 is 1.91 bits per heavy atom. The summed E-state index contributed by atoms with van der Waals surface area (Å²) in [5.41, 5.74) is 4.82. The van der Waals surface area contributed by atoms with Gasteiger partial charge in [0.2, 0.25) is 0 Å². The fourth-order valence-corrected chi connectivity index (χ4v) is 4.28. The van der Waals surface area contributed by atoms with Gasteiger partial charge >= 0.3 is 5.97 Å². The molecule has 4 aromatic rings. The van der Waals surface area contributed by atoms with Crippen molar-refractivity contribution >= 4 is 16.9 Å². The number of benzene rings is 3. The molecule has 1 heterocycles. The van der Waals surface area contributed by atoms with Crippen LogP contribution in [0.2, 0.25) is 0 Å². The van der Waals surface area contributed by atoms with Crippen LogP contribution in [-0.4, -0.2) is 16.1 Å². The lowest BCUT2D eigenvalue weighted by molar-refractivity contribution is -0.137. The number of fused-ring (bicyclic) bond motifs is 1. The van der Waals surface area contributed by atoms with Gasteiger partial charge in [-0.1, -0.05) is 42.3 Å². The molecule has 172 valence electrons. The predicted octanol–water partition coefficient (Wildman–Crippen LogP) is 6.56. The number of rotatable bonds is 8. The molecule has 4 rings (SSSR count). The van der Waals surface area contributed by atoms with Crippen molar-refractivity contribution in [2.24, 2.45) is 0 Å². The molecule has 2 unspecified atom stereocenters. The fourth-order valence-electron chi connectivity index (χ4n) is 4.28. The number of aliphatic carboxylic acids is 1. The van der Waals surface area contributed by atoms with E-state index >= 15 is 0 Å². The third-order valence-corrected chi connectivity index (χ3v) is 5.94. The summed E-state index contributed by atoms with van der Waals surface area (Å²) >= 11 is 0. The van der Waals surface area contributed by atoms with E-state index in [0.717, 1.165) is 33.2 Å². The van der Waals surface area contributed by atoms with E-state index < -0.39 is 5.97 Å². The maximum absolute atomic E-state index is 13.9. The molecule has 0 saturated carbocycles. The lowest BCUT2D eigenvalue weighted by Gasteiger charge is -2.22. The minimum absolute atomic E-state index is 0.0569. The third-order valence-electron chi connectivity index (χ3n) is 5.94. The van der Waals surface area contributed by atoms with Crippen LogP contribution in [0.1, 0.15) is 47.6 Å². The predicted molar refractivity (Wildman–Crippen MR) is 131 cm³/mol. The van der Waals surface area contributed by atoms with Crippen molar-refractivity contribution in [3.8, 4) is 17.6 Å². The maximum Gasteiger partial charge on any atom is 0.304 e. The number of carbonyl (C=O) groups is 1. The van der Waals surface area contributed by atoms with E-state index in [1.807, 2.05) is 42.6 Å². The van der Waals surface area contributed by atoms with Crippen LogP contribution in [0.25, 0.3) is 10.9 Å². The minimum Gasteiger partial charge on any atom is -0.485 e. The SMILES string of the molecule is CC#CC(CC(=O)O)c1ccc(OC(Cc2cccc(F)c2)c2ccc3cc[nH]c3c2C)cc1. The number of aromatic nitrogens is 1. The van der Waals surface area contributed by atoms with Gasteiger partial charge in [-0.15, -0.1) is 5.92 Å². The number of hydrogen-bond donors (Lipinski definition) is 2. The van der Waals surface area contributed by atoms with Crippen LogP contribution in [0.15, 0.2) is 72.9 Å². The number of aryl methyl sites for hydroxylation is 1. The first kappa shape index (κ1) is 23.1. The summed E-state index contributed by atoms with van der Waals surface area (Å²) in [6.45, 7) is 3.76. The molecular formula is C29H26FNO3. The second-order valence-electron chi connectivity index (χ2n) is 8.28. The number of ether oxygens (including phenoxy) is 1. The Labute approximate surface area is 198 Å². The van der Waals surface area contributed by atoms with Gasteiger partial charge in [0.15, 0.2) is 0 Å². The molecule has 1 aromatic heterocycles. The van der Waals surface area contributed by atoms with Gasteiger partial charge in [-0.2, -0.15) is 0 Å².